The molecule has 3 aromatic carbocycles. The highest BCUT2D eigenvalue weighted by Crippen LogP contribution is 2.49. The lowest BCUT2D eigenvalue weighted by atomic mass is 9.70. The summed E-state index contributed by atoms with van der Waals surface area (Å²) in [6.45, 7) is 0.453. The molecular formula is C30H31NO4S2. The average molecular weight is 534 g/mol. The van der Waals surface area contributed by atoms with Gasteiger partial charge in [-0.15, -0.1) is 0 Å². The highest BCUT2D eigenvalue weighted by Gasteiger charge is 2.53. The Morgan fingerprint density at radius 3 is 2.03 bits per heavy atom. The van der Waals surface area contributed by atoms with Crippen molar-refractivity contribution in [2.75, 3.05) is 19.3 Å². The smallest absolute Gasteiger partial charge is 0.228 e. The van der Waals surface area contributed by atoms with Crippen LogP contribution in [0.4, 0.5) is 0 Å². The Hall–Kier alpha value is -3.00. The molecule has 1 heterocycles. The van der Waals surface area contributed by atoms with Crippen molar-refractivity contribution in [3.63, 3.8) is 0 Å². The van der Waals surface area contributed by atoms with Gasteiger partial charge in [0.1, 0.15) is 0 Å². The predicted octanol–water partition coefficient (Wildman–Crippen LogP) is 5.31. The van der Waals surface area contributed by atoms with Gasteiger partial charge in [0.05, 0.1) is 9.64 Å². The highest BCUT2D eigenvalue weighted by atomic mass is 32.2. The van der Waals surface area contributed by atoms with Gasteiger partial charge in [-0.3, -0.25) is 0 Å². The van der Waals surface area contributed by atoms with E-state index in [0.29, 0.717) is 19.4 Å². The summed E-state index contributed by atoms with van der Waals surface area (Å²) in [5.41, 5.74) is 2.94. The van der Waals surface area contributed by atoms with Gasteiger partial charge < -0.3 is 0 Å². The molecule has 1 unspecified atom stereocenters. The fourth-order valence-electron chi connectivity index (χ4n) is 5.85. The minimum Gasteiger partial charge on any atom is -0.228 e. The number of allylic oxidation sites excluding steroid dienone is 3. The molecule has 0 radical (unpaired) electrons. The summed E-state index contributed by atoms with van der Waals surface area (Å²) in [6, 6.07) is 28.1. The van der Waals surface area contributed by atoms with E-state index < -0.39 is 30.5 Å². The van der Waals surface area contributed by atoms with Crippen LogP contribution in [0.25, 0.3) is 5.57 Å². The number of piperidine rings is 1. The number of hydrogen-bond donors (Lipinski definition) is 0. The molecule has 1 saturated heterocycles. The second-order valence-corrected chi connectivity index (χ2v) is 14.2. The molecule has 3 aromatic rings. The molecule has 0 amide bonds. The summed E-state index contributed by atoms with van der Waals surface area (Å²) >= 11 is 0. The van der Waals surface area contributed by atoms with Crippen LogP contribution in [0.3, 0.4) is 0 Å². The van der Waals surface area contributed by atoms with Crippen LogP contribution in [0.1, 0.15) is 29.9 Å². The summed E-state index contributed by atoms with van der Waals surface area (Å²) < 4.78 is 55.0. The first-order valence-electron chi connectivity index (χ1n) is 12.5. The molecule has 1 aliphatic heterocycles. The third kappa shape index (κ3) is 4.83. The molecule has 0 aromatic heterocycles. The van der Waals surface area contributed by atoms with Gasteiger partial charge in [-0.05, 0) is 47.6 Å². The summed E-state index contributed by atoms with van der Waals surface area (Å²) in [6.07, 6.45) is 7.72. The SMILES string of the molecule is CS(=O)(=O)C1([C@@H]2CN(S(=O)(=O)c3ccccc3)CC[C@@H]2c2ccccc2)C=CC=C(c2ccccc2)C1. The van der Waals surface area contributed by atoms with Crippen LogP contribution in [0.5, 0.6) is 0 Å². The van der Waals surface area contributed by atoms with Crippen molar-refractivity contribution in [2.45, 2.75) is 28.4 Å². The standard InChI is InChI=1S/C30H31NO4S2/c1-36(32,33)30(20-11-16-26(22-30)24-12-5-2-6-13-24)29-23-31(37(34,35)27-17-9-4-10-18-27)21-19-28(29)25-14-7-3-8-15-25/h2-18,20,28-29H,19,21-23H2,1H3/t28-,29-,30?/m1/s1. The number of hydrogen-bond acceptors (Lipinski definition) is 4. The Balaban J connectivity index is 1.62. The minimum absolute atomic E-state index is 0.113. The number of sulfonamides is 1. The predicted molar refractivity (Wildman–Crippen MR) is 148 cm³/mol. The molecule has 37 heavy (non-hydrogen) atoms. The number of benzene rings is 3. The zero-order chi connectivity index (χ0) is 26.1. The molecule has 2 aliphatic rings. The van der Waals surface area contributed by atoms with Crippen molar-refractivity contribution < 1.29 is 16.8 Å². The van der Waals surface area contributed by atoms with Crippen LogP contribution in [-0.4, -0.2) is 45.2 Å². The first-order valence-corrected chi connectivity index (χ1v) is 15.8. The molecule has 5 rings (SSSR count). The molecule has 3 atom stereocenters. The van der Waals surface area contributed by atoms with E-state index in [9.17, 15) is 16.8 Å². The van der Waals surface area contributed by atoms with Gasteiger partial charge in [-0.2, -0.15) is 4.31 Å². The van der Waals surface area contributed by atoms with Gasteiger partial charge in [0.15, 0.2) is 9.84 Å². The maximum Gasteiger partial charge on any atom is 0.243 e. The second kappa shape index (κ2) is 10.0. The fraction of sp³-hybridized carbons (Fsp3) is 0.267. The monoisotopic (exact) mass is 533 g/mol. The van der Waals surface area contributed by atoms with Crippen LogP contribution in [0, 0.1) is 5.92 Å². The Morgan fingerprint density at radius 2 is 1.41 bits per heavy atom. The van der Waals surface area contributed by atoms with E-state index in [0.717, 1.165) is 16.7 Å². The van der Waals surface area contributed by atoms with Gasteiger partial charge in [-0.1, -0.05) is 97.1 Å². The third-order valence-electron chi connectivity index (χ3n) is 7.79. The summed E-state index contributed by atoms with van der Waals surface area (Å²) in [5, 5.41) is 0. The number of rotatable bonds is 6. The maximum atomic E-state index is 13.7. The van der Waals surface area contributed by atoms with Crippen molar-refractivity contribution in [1.29, 1.82) is 0 Å². The van der Waals surface area contributed by atoms with Crippen molar-refractivity contribution in [1.82, 2.24) is 4.31 Å². The molecule has 0 spiro atoms. The molecule has 7 heteroatoms. The van der Waals surface area contributed by atoms with E-state index in [1.165, 1.54) is 10.6 Å². The zero-order valence-electron chi connectivity index (χ0n) is 20.8. The van der Waals surface area contributed by atoms with Crippen LogP contribution >= 0.6 is 0 Å². The van der Waals surface area contributed by atoms with Gasteiger partial charge >= 0.3 is 0 Å². The number of nitrogens with zero attached hydrogens (tertiary/aromatic N) is 1. The van der Waals surface area contributed by atoms with E-state index in [4.69, 9.17) is 0 Å². The van der Waals surface area contributed by atoms with Crippen LogP contribution < -0.4 is 0 Å². The van der Waals surface area contributed by atoms with Gasteiger partial charge in [0, 0.05) is 25.3 Å². The Bertz CT molecular complexity index is 1520. The van der Waals surface area contributed by atoms with Crippen molar-refractivity contribution in [2.24, 2.45) is 5.92 Å². The van der Waals surface area contributed by atoms with Crippen molar-refractivity contribution in [3.05, 3.63) is 120 Å². The van der Waals surface area contributed by atoms with Crippen LogP contribution in [0.15, 0.2) is 114 Å². The second-order valence-electron chi connectivity index (χ2n) is 9.91. The fourth-order valence-corrected chi connectivity index (χ4v) is 8.89. The number of sulfone groups is 1. The van der Waals surface area contributed by atoms with Crippen molar-refractivity contribution in [3.8, 4) is 0 Å². The zero-order valence-corrected chi connectivity index (χ0v) is 22.4. The molecule has 1 aliphatic carbocycles. The lowest BCUT2D eigenvalue weighted by Gasteiger charge is -2.48. The third-order valence-corrected chi connectivity index (χ3v) is 11.6. The van der Waals surface area contributed by atoms with E-state index in [-0.39, 0.29) is 17.4 Å². The lowest BCUT2D eigenvalue weighted by Crippen LogP contribution is -2.55. The Morgan fingerprint density at radius 1 is 0.811 bits per heavy atom. The molecule has 0 N–H and O–H groups in total. The van der Waals surface area contributed by atoms with E-state index in [2.05, 4.69) is 0 Å². The first kappa shape index (κ1) is 25.6. The Kier molecular flexibility index (Phi) is 6.96. The van der Waals surface area contributed by atoms with Crippen molar-refractivity contribution >= 4 is 25.4 Å². The van der Waals surface area contributed by atoms with Crippen LogP contribution in [-0.2, 0) is 19.9 Å². The molecule has 0 saturated carbocycles. The van der Waals surface area contributed by atoms with E-state index in [1.807, 2.05) is 72.8 Å². The average Bonchev–Trinajstić information content (AvgIpc) is 2.93. The lowest BCUT2D eigenvalue weighted by molar-refractivity contribution is 0.203. The summed E-state index contributed by atoms with van der Waals surface area (Å²) in [7, 11) is -7.43. The molecule has 192 valence electrons. The van der Waals surface area contributed by atoms with Crippen LogP contribution in [0.2, 0.25) is 0 Å². The largest absolute Gasteiger partial charge is 0.243 e. The Labute approximate surface area is 220 Å². The van der Waals surface area contributed by atoms with Gasteiger partial charge in [0.2, 0.25) is 10.0 Å². The van der Waals surface area contributed by atoms with Gasteiger partial charge in [-0.25, -0.2) is 16.8 Å². The molecule has 1 fully saturated rings. The highest BCUT2D eigenvalue weighted by molar-refractivity contribution is 7.92. The summed E-state index contributed by atoms with van der Waals surface area (Å²) in [4.78, 5) is 0.226. The molecule has 5 nitrogen and oxygen atoms in total. The molecular weight excluding hydrogens is 502 g/mol. The maximum absolute atomic E-state index is 13.7. The minimum atomic E-state index is -3.78. The van der Waals surface area contributed by atoms with E-state index in [1.54, 1.807) is 36.4 Å². The van der Waals surface area contributed by atoms with E-state index >= 15 is 0 Å². The quantitative estimate of drug-likeness (QED) is 0.431. The summed E-state index contributed by atoms with van der Waals surface area (Å²) in [5.74, 6) is -0.585. The molecule has 0 bridgehead atoms. The normalized spacial score (nSPS) is 24.9. The first-order chi connectivity index (χ1) is 17.7. The topological polar surface area (TPSA) is 71.5 Å². The van der Waals surface area contributed by atoms with Gasteiger partial charge in [0.25, 0.3) is 0 Å².